The summed E-state index contributed by atoms with van der Waals surface area (Å²) in [4.78, 5) is 17.0. The van der Waals surface area contributed by atoms with Crippen LogP contribution in [0.3, 0.4) is 0 Å². The molecule has 1 heterocycles. The summed E-state index contributed by atoms with van der Waals surface area (Å²) < 4.78 is 5.29. The highest BCUT2D eigenvalue weighted by Gasteiger charge is 2.31. The zero-order valence-corrected chi connectivity index (χ0v) is 13.1. The van der Waals surface area contributed by atoms with Crippen LogP contribution < -0.4 is 10.5 Å². The standard InChI is InChI=1S/C16H25N3O2/c1-4-18(5-2)12-9-10-19(11-12)16(20)15-13(17)7-6-8-14(15)21-3/h6-8,12H,4-5,9-11,17H2,1-3H3. The Morgan fingerprint density at radius 3 is 2.76 bits per heavy atom. The second-order valence-electron chi connectivity index (χ2n) is 5.34. The van der Waals surface area contributed by atoms with Gasteiger partial charge in [0.15, 0.2) is 0 Å². The van der Waals surface area contributed by atoms with E-state index in [0.717, 1.165) is 32.6 Å². The lowest BCUT2D eigenvalue weighted by molar-refractivity contribution is 0.0775. The lowest BCUT2D eigenvalue weighted by Crippen LogP contribution is -2.38. The Balaban J connectivity index is 2.16. The third-order valence-electron chi connectivity index (χ3n) is 4.27. The van der Waals surface area contributed by atoms with Gasteiger partial charge < -0.3 is 15.4 Å². The van der Waals surface area contributed by atoms with E-state index in [-0.39, 0.29) is 5.91 Å². The molecular weight excluding hydrogens is 266 g/mol. The Labute approximate surface area is 126 Å². The highest BCUT2D eigenvalue weighted by atomic mass is 16.5. The number of rotatable bonds is 5. The minimum Gasteiger partial charge on any atom is -0.496 e. The Morgan fingerprint density at radius 1 is 1.43 bits per heavy atom. The molecule has 0 bridgehead atoms. The van der Waals surface area contributed by atoms with Crippen LogP contribution in [0.15, 0.2) is 18.2 Å². The molecule has 1 saturated heterocycles. The monoisotopic (exact) mass is 291 g/mol. The van der Waals surface area contributed by atoms with E-state index in [1.807, 2.05) is 4.90 Å². The summed E-state index contributed by atoms with van der Waals surface area (Å²) in [5, 5.41) is 0. The molecule has 1 fully saturated rings. The van der Waals surface area contributed by atoms with Crippen molar-refractivity contribution in [1.82, 2.24) is 9.80 Å². The number of likely N-dealkylation sites (N-methyl/N-ethyl adjacent to an activating group) is 1. The first-order valence-electron chi connectivity index (χ1n) is 7.58. The van der Waals surface area contributed by atoms with E-state index in [4.69, 9.17) is 10.5 Å². The molecule has 1 amide bonds. The van der Waals surface area contributed by atoms with E-state index in [1.54, 1.807) is 25.3 Å². The van der Waals surface area contributed by atoms with Crippen molar-refractivity contribution in [3.63, 3.8) is 0 Å². The van der Waals surface area contributed by atoms with Crippen LogP contribution in [0.5, 0.6) is 5.75 Å². The van der Waals surface area contributed by atoms with Crippen molar-refractivity contribution >= 4 is 11.6 Å². The molecule has 1 aromatic rings. The van der Waals surface area contributed by atoms with Gasteiger partial charge in [0.25, 0.3) is 5.91 Å². The number of nitrogen functional groups attached to an aromatic ring is 1. The normalized spacial score (nSPS) is 18.3. The summed E-state index contributed by atoms with van der Waals surface area (Å²) in [6.07, 6.45) is 1.02. The van der Waals surface area contributed by atoms with Gasteiger partial charge in [-0.2, -0.15) is 0 Å². The van der Waals surface area contributed by atoms with Gasteiger partial charge in [0.05, 0.1) is 7.11 Å². The molecule has 1 atom stereocenters. The molecule has 21 heavy (non-hydrogen) atoms. The molecule has 2 N–H and O–H groups in total. The fraction of sp³-hybridized carbons (Fsp3) is 0.562. The van der Waals surface area contributed by atoms with Gasteiger partial charge in [-0.1, -0.05) is 19.9 Å². The van der Waals surface area contributed by atoms with E-state index < -0.39 is 0 Å². The van der Waals surface area contributed by atoms with Gasteiger partial charge in [0, 0.05) is 24.8 Å². The van der Waals surface area contributed by atoms with Crippen LogP contribution in [-0.2, 0) is 0 Å². The number of nitrogens with two attached hydrogens (primary N) is 1. The number of benzene rings is 1. The van der Waals surface area contributed by atoms with Crippen molar-refractivity contribution < 1.29 is 9.53 Å². The van der Waals surface area contributed by atoms with E-state index in [9.17, 15) is 4.79 Å². The van der Waals surface area contributed by atoms with Crippen LogP contribution in [0.4, 0.5) is 5.69 Å². The quantitative estimate of drug-likeness (QED) is 0.841. The summed E-state index contributed by atoms with van der Waals surface area (Å²) in [6.45, 7) is 7.88. The summed E-state index contributed by atoms with van der Waals surface area (Å²) in [6, 6.07) is 5.77. The highest BCUT2D eigenvalue weighted by Crippen LogP contribution is 2.27. The molecule has 0 aromatic heterocycles. The maximum atomic E-state index is 12.7. The van der Waals surface area contributed by atoms with Crippen LogP contribution in [-0.4, -0.2) is 55.0 Å². The summed E-state index contributed by atoms with van der Waals surface area (Å²) >= 11 is 0. The number of hydrogen-bond acceptors (Lipinski definition) is 4. The number of ether oxygens (including phenoxy) is 1. The van der Waals surface area contributed by atoms with Crippen LogP contribution >= 0.6 is 0 Å². The first-order chi connectivity index (χ1) is 10.1. The Bertz CT molecular complexity index is 500. The predicted molar refractivity (Wildman–Crippen MR) is 84.6 cm³/mol. The summed E-state index contributed by atoms with van der Waals surface area (Å²) in [7, 11) is 1.56. The van der Waals surface area contributed by atoms with Gasteiger partial charge in [-0.05, 0) is 31.6 Å². The van der Waals surface area contributed by atoms with Crippen molar-refractivity contribution in [2.75, 3.05) is 39.0 Å². The lowest BCUT2D eigenvalue weighted by atomic mass is 10.1. The minimum absolute atomic E-state index is 0.0281. The van der Waals surface area contributed by atoms with Crippen molar-refractivity contribution in [1.29, 1.82) is 0 Å². The van der Waals surface area contributed by atoms with Gasteiger partial charge in [0.2, 0.25) is 0 Å². The van der Waals surface area contributed by atoms with Crippen LogP contribution in [0, 0.1) is 0 Å². The fourth-order valence-electron chi connectivity index (χ4n) is 3.07. The van der Waals surface area contributed by atoms with E-state index in [2.05, 4.69) is 18.7 Å². The molecule has 1 unspecified atom stereocenters. The molecular formula is C16H25N3O2. The number of amides is 1. The summed E-state index contributed by atoms with van der Waals surface area (Å²) in [5.74, 6) is 0.519. The Morgan fingerprint density at radius 2 is 2.14 bits per heavy atom. The zero-order chi connectivity index (χ0) is 15.4. The molecule has 0 spiro atoms. The first kappa shape index (κ1) is 15.6. The Kier molecular flexibility index (Phi) is 5.07. The van der Waals surface area contributed by atoms with Crippen LogP contribution in [0.1, 0.15) is 30.6 Å². The van der Waals surface area contributed by atoms with Gasteiger partial charge in [0.1, 0.15) is 11.3 Å². The molecule has 116 valence electrons. The van der Waals surface area contributed by atoms with Crippen LogP contribution in [0.2, 0.25) is 0 Å². The average Bonchev–Trinajstić information content (AvgIpc) is 2.97. The molecule has 0 aliphatic carbocycles. The molecule has 1 aromatic carbocycles. The lowest BCUT2D eigenvalue weighted by Gasteiger charge is -2.26. The van der Waals surface area contributed by atoms with E-state index in [1.165, 1.54) is 0 Å². The van der Waals surface area contributed by atoms with E-state index in [0.29, 0.717) is 23.0 Å². The fourth-order valence-corrected chi connectivity index (χ4v) is 3.07. The first-order valence-corrected chi connectivity index (χ1v) is 7.58. The second kappa shape index (κ2) is 6.80. The van der Waals surface area contributed by atoms with Crippen LogP contribution in [0.25, 0.3) is 0 Å². The summed E-state index contributed by atoms with van der Waals surface area (Å²) in [5.41, 5.74) is 6.94. The number of nitrogens with zero attached hydrogens (tertiary/aromatic N) is 2. The topological polar surface area (TPSA) is 58.8 Å². The van der Waals surface area contributed by atoms with E-state index >= 15 is 0 Å². The maximum absolute atomic E-state index is 12.7. The van der Waals surface area contributed by atoms with Gasteiger partial charge in [-0.3, -0.25) is 9.69 Å². The SMILES string of the molecule is CCN(CC)C1CCN(C(=O)c2c(N)cccc2OC)C1. The molecule has 0 saturated carbocycles. The highest BCUT2D eigenvalue weighted by molar-refractivity contribution is 6.02. The molecule has 0 radical (unpaired) electrons. The largest absolute Gasteiger partial charge is 0.496 e. The molecule has 1 aliphatic rings. The number of carbonyl (C=O) groups is 1. The van der Waals surface area contributed by atoms with Crippen molar-refractivity contribution in [2.24, 2.45) is 0 Å². The molecule has 5 nitrogen and oxygen atoms in total. The number of hydrogen-bond donors (Lipinski definition) is 1. The predicted octanol–water partition coefficient (Wildman–Crippen LogP) is 1.83. The number of carbonyl (C=O) groups excluding carboxylic acids is 1. The number of anilines is 1. The molecule has 5 heteroatoms. The Hall–Kier alpha value is -1.75. The van der Waals surface area contributed by atoms with Gasteiger partial charge in [-0.15, -0.1) is 0 Å². The minimum atomic E-state index is -0.0281. The average molecular weight is 291 g/mol. The second-order valence-corrected chi connectivity index (χ2v) is 5.34. The third kappa shape index (κ3) is 3.13. The third-order valence-corrected chi connectivity index (χ3v) is 4.27. The van der Waals surface area contributed by atoms with Crippen molar-refractivity contribution in [2.45, 2.75) is 26.3 Å². The van der Waals surface area contributed by atoms with Crippen molar-refractivity contribution in [3.05, 3.63) is 23.8 Å². The van der Waals surface area contributed by atoms with Gasteiger partial charge >= 0.3 is 0 Å². The van der Waals surface area contributed by atoms with Crippen molar-refractivity contribution in [3.8, 4) is 5.75 Å². The smallest absolute Gasteiger partial charge is 0.259 e. The zero-order valence-electron chi connectivity index (χ0n) is 13.1. The number of methoxy groups -OCH3 is 1. The van der Waals surface area contributed by atoms with Gasteiger partial charge in [-0.25, -0.2) is 0 Å². The maximum Gasteiger partial charge on any atom is 0.259 e. The number of likely N-dealkylation sites (tertiary alicyclic amines) is 1. The molecule has 1 aliphatic heterocycles. The molecule has 2 rings (SSSR count).